The first-order valence-corrected chi connectivity index (χ1v) is 6.22. The van der Waals surface area contributed by atoms with E-state index in [2.05, 4.69) is 33.5 Å². The van der Waals surface area contributed by atoms with Crippen molar-refractivity contribution in [3.8, 4) is 6.07 Å². The van der Waals surface area contributed by atoms with Crippen LogP contribution in [0, 0.1) is 11.3 Å². The van der Waals surface area contributed by atoms with Crippen molar-refractivity contribution in [2.24, 2.45) is 0 Å². The lowest BCUT2D eigenvalue weighted by Gasteiger charge is -2.15. The molecule has 0 saturated heterocycles. The highest BCUT2D eigenvalue weighted by Crippen LogP contribution is 2.13. The quantitative estimate of drug-likeness (QED) is 0.828. The lowest BCUT2D eigenvalue weighted by molar-refractivity contribution is 0.321. The van der Waals surface area contributed by atoms with Crippen molar-refractivity contribution in [2.45, 2.75) is 13.1 Å². The Balaban J connectivity index is 2.03. The summed E-state index contributed by atoms with van der Waals surface area (Å²) >= 11 is 1.75. The molecule has 2 aromatic heterocycles. The molecule has 0 N–H and O–H groups in total. The van der Waals surface area contributed by atoms with Crippen molar-refractivity contribution in [1.29, 1.82) is 5.26 Å². The predicted molar refractivity (Wildman–Crippen MR) is 68.4 cm³/mol. The maximum Gasteiger partial charge on any atom is 0.144 e. The van der Waals surface area contributed by atoms with Crippen molar-refractivity contribution in [1.82, 2.24) is 9.88 Å². The Morgan fingerprint density at radius 1 is 1.35 bits per heavy atom. The average molecular weight is 243 g/mol. The number of nitriles is 1. The number of aromatic nitrogens is 1. The van der Waals surface area contributed by atoms with Crippen molar-refractivity contribution in [3.63, 3.8) is 0 Å². The van der Waals surface area contributed by atoms with E-state index in [0.29, 0.717) is 5.69 Å². The summed E-state index contributed by atoms with van der Waals surface area (Å²) in [5.74, 6) is 0. The van der Waals surface area contributed by atoms with Crippen LogP contribution < -0.4 is 0 Å². The van der Waals surface area contributed by atoms with Gasteiger partial charge < -0.3 is 0 Å². The van der Waals surface area contributed by atoms with Gasteiger partial charge in [-0.15, -0.1) is 11.3 Å². The first-order valence-electron chi connectivity index (χ1n) is 5.34. The summed E-state index contributed by atoms with van der Waals surface area (Å²) < 4.78 is 0. The van der Waals surface area contributed by atoms with Crippen molar-refractivity contribution >= 4 is 11.3 Å². The standard InChI is InChI=1S/C13H13N3S/c1-16(10-12-5-3-7-17-12)9-11-4-2-6-15-13(11)8-14/h2-7H,9-10H2,1H3. The Kier molecular flexibility index (Phi) is 3.86. The topological polar surface area (TPSA) is 39.9 Å². The van der Waals surface area contributed by atoms with Gasteiger partial charge in [-0.3, -0.25) is 4.90 Å². The number of pyridine rings is 1. The lowest BCUT2D eigenvalue weighted by Crippen LogP contribution is -2.17. The third-order valence-electron chi connectivity index (χ3n) is 2.44. The van der Waals surface area contributed by atoms with Gasteiger partial charge in [0.25, 0.3) is 0 Å². The third-order valence-corrected chi connectivity index (χ3v) is 3.30. The Hall–Kier alpha value is -1.70. The molecule has 0 amide bonds. The Labute approximate surface area is 105 Å². The molecular formula is C13H13N3S. The number of hydrogen-bond acceptors (Lipinski definition) is 4. The Morgan fingerprint density at radius 2 is 2.24 bits per heavy atom. The summed E-state index contributed by atoms with van der Waals surface area (Å²) in [4.78, 5) is 7.57. The van der Waals surface area contributed by atoms with E-state index in [-0.39, 0.29) is 0 Å². The zero-order valence-electron chi connectivity index (χ0n) is 9.63. The molecule has 0 radical (unpaired) electrons. The van der Waals surface area contributed by atoms with Crippen LogP contribution in [-0.2, 0) is 13.1 Å². The molecule has 17 heavy (non-hydrogen) atoms. The summed E-state index contributed by atoms with van der Waals surface area (Å²) in [6.45, 7) is 1.64. The highest BCUT2D eigenvalue weighted by molar-refractivity contribution is 7.09. The normalized spacial score (nSPS) is 10.4. The molecule has 3 nitrogen and oxygen atoms in total. The molecule has 0 unspecified atom stereocenters. The van der Waals surface area contributed by atoms with E-state index in [1.54, 1.807) is 17.5 Å². The number of hydrogen-bond donors (Lipinski definition) is 0. The summed E-state index contributed by atoms with van der Waals surface area (Å²) in [5.41, 5.74) is 1.50. The molecule has 2 aromatic rings. The Morgan fingerprint density at radius 3 is 2.94 bits per heavy atom. The first-order chi connectivity index (χ1) is 8.29. The van der Waals surface area contributed by atoms with Crippen LogP contribution in [0.3, 0.4) is 0 Å². The van der Waals surface area contributed by atoms with Gasteiger partial charge in [-0.1, -0.05) is 12.1 Å². The monoisotopic (exact) mass is 243 g/mol. The average Bonchev–Trinajstić information content (AvgIpc) is 2.82. The van der Waals surface area contributed by atoms with E-state index in [1.807, 2.05) is 19.2 Å². The van der Waals surface area contributed by atoms with Gasteiger partial charge in [0.15, 0.2) is 0 Å². The van der Waals surface area contributed by atoms with Gasteiger partial charge in [0.05, 0.1) is 0 Å². The fraction of sp³-hybridized carbons (Fsp3) is 0.231. The van der Waals surface area contributed by atoms with E-state index in [4.69, 9.17) is 5.26 Å². The molecule has 0 aromatic carbocycles. The van der Waals surface area contributed by atoms with E-state index in [0.717, 1.165) is 18.7 Å². The van der Waals surface area contributed by atoms with E-state index in [1.165, 1.54) is 4.88 Å². The second-order valence-corrected chi connectivity index (χ2v) is 4.91. The summed E-state index contributed by atoms with van der Waals surface area (Å²) in [5, 5.41) is 11.0. The van der Waals surface area contributed by atoms with Gasteiger partial charge in [-0.2, -0.15) is 5.26 Å². The van der Waals surface area contributed by atoms with E-state index in [9.17, 15) is 0 Å². The van der Waals surface area contributed by atoms with Crippen molar-refractivity contribution < 1.29 is 0 Å². The Bertz CT molecular complexity index is 514. The maximum absolute atomic E-state index is 8.96. The van der Waals surface area contributed by atoms with Gasteiger partial charge >= 0.3 is 0 Å². The molecule has 0 fully saturated rings. The molecule has 0 aliphatic rings. The molecular weight excluding hydrogens is 230 g/mol. The van der Waals surface area contributed by atoms with Crippen LogP contribution in [0.5, 0.6) is 0 Å². The second-order valence-electron chi connectivity index (χ2n) is 3.87. The fourth-order valence-corrected chi connectivity index (χ4v) is 2.47. The molecule has 0 aliphatic carbocycles. The molecule has 2 heterocycles. The molecule has 0 saturated carbocycles. The van der Waals surface area contributed by atoms with Crippen LogP contribution in [0.2, 0.25) is 0 Å². The molecule has 4 heteroatoms. The maximum atomic E-state index is 8.96. The van der Waals surface area contributed by atoms with Gasteiger partial charge in [0.2, 0.25) is 0 Å². The zero-order valence-corrected chi connectivity index (χ0v) is 10.4. The van der Waals surface area contributed by atoms with Crippen LogP contribution in [0.4, 0.5) is 0 Å². The SMILES string of the molecule is CN(Cc1cccs1)Cc1cccnc1C#N. The van der Waals surface area contributed by atoms with Gasteiger partial charge in [0.1, 0.15) is 11.8 Å². The molecule has 86 valence electrons. The number of rotatable bonds is 4. The first kappa shape index (κ1) is 11.8. The lowest BCUT2D eigenvalue weighted by atomic mass is 10.2. The highest BCUT2D eigenvalue weighted by atomic mass is 32.1. The summed E-state index contributed by atoms with van der Waals surface area (Å²) in [6, 6.07) is 10.1. The van der Waals surface area contributed by atoms with Crippen LogP contribution in [-0.4, -0.2) is 16.9 Å². The third kappa shape index (κ3) is 3.13. The van der Waals surface area contributed by atoms with Gasteiger partial charge in [-0.05, 0) is 24.6 Å². The second kappa shape index (κ2) is 5.58. The molecule has 0 spiro atoms. The minimum atomic E-state index is 0.519. The van der Waals surface area contributed by atoms with E-state index >= 15 is 0 Å². The van der Waals surface area contributed by atoms with Crippen LogP contribution in [0.15, 0.2) is 35.8 Å². The van der Waals surface area contributed by atoms with Crippen LogP contribution in [0.1, 0.15) is 16.1 Å². The minimum absolute atomic E-state index is 0.519. The number of nitrogens with zero attached hydrogens (tertiary/aromatic N) is 3. The number of thiophene rings is 1. The van der Waals surface area contributed by atoms with Gasteiger partial charge in [0, 0.05) is 29.7 Å². The fourth-order valence-electron chi connectivity index (χ4n) is 1.68. The van der Waals surface area contributed by atoms with Crippen LogP contribution >= 0.6 is 11.3 Å². The molecule has 2 rings (SSSR count). The highest BCUT2D eigenvalue weighted by Gasteiger charge is 2.06. The summed E-state index contributed by atoms with van der Waals surface area (Å²) in [6.07, 6.45) is 1.65. The smallest absolute Gasteiger partial charge is 0.144 e. The van der Waals surface area contributed by atoms with Crippen molar-refractivity contribution in [2.75, 3.05) is 7.05 Å². The summed E-state index contributed by atoms with van der Waals surface area (Å²) in [7, 11) is 2.05. The molecule has 0 aliphatic heterocycles. The largest absolute Gasteiger partial charge is 0.297 e. The molecule has 0 bridgehead atoms. The minimum Gasteiger partial charge on any atom is -0.297 e. The van der Waals surface area contributed by atoms with Crippen LogP contribution in [0.25, 0.3) is 0 Å². The predicted octanol–water partition coefficient (Wildman–Crippen LogP) is 2.65. The van der Waals surface area contributed by atoms with Crippen molar-refractivity contribution in [3.05, 3.63) is 52.0 Å². The van der Waals surface area contributed by atoms with E-state index < -0.39 is 0 Å². The molecule has 0 atom stereocenters. The van der Waals surface area contributed by atoms with Gasteiger partial charge in [-0.25, -0.2) is 4.98 Å². The zero-order chi connectivity index (χ0) is 12.1.